The first-order valence-corrected chi connectivity index (χ1v) is 3.76. The lowest BCUT2D eigenvalue weighted by molar-refractivity contribution is 0.126. The highest BCUT2D eigenvalue weighted by atomic mass is 16.5. The van der Waals surface area contributed by atoms with Gasteiger partial charge in [0, 0.05) is 12.6 Å². The van der Waals surface area contributed by atoms with Crippen LogP contribution in [-0.4, -0.2) is 25.8 Å². The van der Waals surface area contributed by atoms with E-state index in [1.807, 2.05) is 0 Å². The second-order valence-electron chi connectivity index (χ2n) is 3.09. The molecule has 0 saturated carbocycles. The molecule has 1 N–H and O–H groups in total. The summed E-state index contributed by atoms with van der Waals surface area (Å²) in [5, 5.41) is 3.46. The van der Waals surface area contributed by atoms with Crippen molar-refractivity contribution >= 4 is 0 Å². The van der Waals surface area contributed by atoms with E-state index in [4.69, 9.17) is 4.74 Å². The Balaban J connectivity index is 2.03. The number of hydrogen-bond donors (Lipinski definition) is 1. The van der Waals surface area contributed by atoms with Crippen molar-refractivity contribution in [3.8, 4) is 0 Å². The van der Waals surface area contributed by atoms with Gasteiger partial charge in [0.25, 0.3) is 0 Å². The van der Waals surface area contributed by atoms with Gasteiger partial charge in [-0.15, -0.1) is 0 Å². The summed E-state index contributed by atoms with van der Waals surface area (Å²) < 4.78 is 5.42. The van der Waals surface area contributed by atoms with Crippen LogP contribution in [0, 0.1) is 5.92 Å². The van der Waals surface area contributed by atoms with Crippen LogP contribution in [0.4, 0.5) is 0 Å². The monoisotopic (exact) mass is 127 g/mol. The van der Waals surface area contributed by atoms with Gasteiger partial charge in [-0.25, -0.2) is 0 Å². The quantitative estimate of drug-likeness (QED) is 0.508. The van der Waals surface area contributed by atoms with E-state index in [-0.39, 0.29) is 0 Å². The largest absolute Gasteiger partial charge is 0.379 e. The van der Waals surface area contributed by atoms with Crippen molar-refractivity contribution in [3.05, 3.63) is 0 Å². The predicted molar refractivity (Wildman–Crippen MR) is 35.3 cm³/mol. The van der Waals surface area contributed by atoms with Crippen LogP contribution in [0.1, 0.15) is 12.8 Å². The highest BCUT2D eigenvalue weighted by Crippen LogP contribution is 2.18. The Morgan fingerprint density at radius 1 is 1.22 bits per heavy atom. The zero-order valence-corrected chi connectivity index (χ0v) is 5.60. The lowest BCUT2D eigenvalue weighted by Crippen LogP contribution is -2.38. The molecule has 0 amide bonds. The fourth-order valence-corrected chi connectivity index (χ4v) is 1.64. The fraction of sp³-hybridized carbons (Fsp3) is 1.00. The van der Waals surface area contributed by atoms with Gasteiger partial charge in [0.05, 0.1) is 13.2 Å². The predicted octanol–water partition coefficient (Wildman–Crippen LogP) is 0.385. The van der Waals surface area contributed by atoms with E-state index in [9.17, 15) is 0 Å². The zero-order chi connectivity index (χ0) is 6.10. The van der Waals surface area contributed by atoms with Crippen molar-refractivity contribution in [1.29, 1.82) is 0 Å². The molecule has 0 aromatic heterocycles. The summed E-state index contributed by atoms with van der Waals surface area (Å²) in [6, 6.07) is 0.670. The van der Waals surface area contributed by atoms with Gasteiger partial charge in [0.1, 0.15) is 0 Å². The Hall–Kier alpha value is -0.0800. The SMILES string of the molecule is C1C[C@@H]2COC[C@H]1CN2. The summed E-state index contributed by atoms with van der Waals surface area (Å²) in [6.45, 7) is 3.12. The molecule has 0 aromatic carbocycles. The smallest absolute Gasteiger partial charge is 0.0619 e. The minimum Gasteiger partial charge on any atom is -0.379 e. The maximum absolute atomic E-state index is 5.42. The summed E-state index contributed by atoms with van der Waals surface area (Å²) in [5.41, 5.74) is 0. The molecule has 0 unspecified atom stereocenters. The maximum Gasteiger partial charge on any atom is 0.0619 e. The van der Waals surface area contributed by atoms with Crippen molar-refractivity contribution in [2.75, 3.05) is 19.8 Å². The van der Waals surface area contributed by atoms with Crippen LogP contribution >= 0.6 is 0 Å². The molecule has 3 fully saturated rings. The molecule has 0 spiro atoms. The normalized spacial score (nSPS) is 42.7. The zero-order valence-electron chi connectivity index (χ0n) is 5.60. The Morgan fingerprint density at radius 2 is 2.22 bits per heavy atom. The van der Waals surface area contributed by atoms with Crippen LogP contribution in [0.25, 0.3) is 0 Å². The average Bonchev–Trinajstić information content (AvgIpc) is 2.21. The van der Waals surface area contributed by atoms with Gasteiger partial charge in [0.2, 0.25) is 0 Å². The van der Waals surface area contributed by atoms with E-state index in [1.165, 1.54) is 19.4 Å². The summed E-state index contributed by atoms with van der Waals surface area (Å²) in [6.07, 6.45) is 2.70. The van der Waals surface area contributed by atoms with E-state index in [0.29, 0.717) is 6.04 Å². The van der Waals surface area contributed by atoms with Crippen LogP contribution in [0.5, 0.6) is 0 Å². The van der Waals surface area contributed by atoms with Crippen LogP contribution in [0.2, 0.25) is 0 Å². The van der Waals surface area contributed by atoms with Gasteiger partial charge in [-0.1, -0.05) is 0 Å². The average molecular weight is 127 g/mol. The van der Waals surface area contributed by atoms with Crippen molar-refractivity contribution in [3.63, 3.8) is 0 Å². The molecule has 2 bridgehead atoms. The van der Waals surface area contributed by atoms with Gasteiger partial charge >= 0.3 is 0 Å². The Labute approximate surface area is 55.6 Å². The molecule has 3 aliphatic rings. The van der Waals surface area contributed by atoms with Crippen molar-refractivity contribution in [1.82, 2.24) is 5.32 Å². The molecule has 52 valence electrons. The van der Waals surface area contributed by atoms with E-state index in [1.54, 1.807) is 0 Å². The lowest BCUT2D eigenvalue weighted by atomic mass is 9.98. The van der Waals surface area contributed by atoms with Crippen LogP contribution in [0.15, 0.2) is 0 Å². The molecule has 0 radical (unpaired) electrons. The van der Waals surface area contributed by atoms with Gasteiger partial charge in [-0.2, -0.15) is 0 Å². The molecule has 2 nitrogen and oxygen atoms in total. The first-order chi connectivity index (χ1) is 4.45. The molecule has 3 heterocycles. The molecule has 2 atom stereocenters. The highest BCUT2D eigenvalue weighted by Gasteiger charge is 2.24. The number of ether oxygens (including phenoxy) is 1. The first kappa shape index (κ1) is 5.69. The topological polar surface area (TPSA) is 21.3 Å². The number of nitrogens with one attached hydrogen (secondary N) is 1. The molecule has 3 saturated heterocycles. The molecule has 2 heteroatoms. The molecule has 0 aliphatic carbocycles. The lowest BCUT2D eigenvalue weighted by Gasteiger charge is -2.22. The van der Waals surface area contributed by atoms with Gasteiger partial charge in [-0.05, 0) is 18.8 Å². The van der Waals surface area contributed by atoms with Crippen molar-refractivity contribution in [2.24, 2.45) is 5.92 Å². The standard InChI is InChI=1S/C7H13NO/c1-2-7-5-9-4-6(1)3-8-7/h6-8H,1-5H2/t6-,7-/m1/s1. The van der Waals surface area contributed by atoms with Gasteiger partial charge < -0.3 is 10.1 Å². The van der Waals surface area contributed by atoms with Crippen LogP contribution in [0.3, 0.4) is 0 Å². The molecule has 9 heavy (non-hydrogen) atoms. The van der Waals surface area contributed by atoms with Crippen LogP contribution < -0.4 is 5.32 Å². The molecule has 0 aromatic rings. The third-order valence-electron chi connectivity index (χ3n) is 2.29. The minimum atomic E-state index is 0.670. The summed E-state index contributed by atoms with van der Waals surface area (Å²) in [5.74, 6) is 0.809. The van der Waals surface area contributed by atoms with Crippen molar-refractivity contribution < 1.29 is 4.74 Å². The summed E-state index contributed by atoms with van der Waals surface area (Å²) in [4.78, 5) is 0. The second-order valence-corrected chi connectivity index (χ2v) is 3.09. The van der Waals surface area contributed by atoms with E-state index < -0.39 is 0 Å². The Bertz CT molecular complexity index is 79.6. The second kappa shape index (κ2) is 2.27. The van der Waals surface area contributed by atoms with Gasteiger partial charge in [0.15, 0.2) is 0 Å². The Morgan fingerprint density at radius 3 is 3.00 bits per heavy atom. The third-order valence-corrected chi connectivity index (χ3v) is 2.29. The molecule has 3 aliphatic heterocycles. The number of rotatable bonds is 0. The minimum absolute atomic E-state index is 0.670. The van der Waals surface area contributed by atoms with E-state index >= 15 is 0 Å². The van der Waals surface area contributed by atoms with E-state index in [2.05, 4.69) is 5.32 Å². The number of fused-ring (bicyclic) bond motifs is 4. The first-order valence-electron chi connectivity index (χ1n) is 3.76. The summed E-state index contributed by atoms with van der Waals surface area (Å²) in [7, 11) is 0. The molecular formula is C7H13NO. The Kier molecular flexibility index (Phi) is 1.44. The van der Waals surface area contributed by atoms with E-state index in [0.717, 1.165) is 19.1 Å². The van der Waals surface area contributed by atoms with Gasteiger partial charge in [-0.3, -0.25) is 0 Å². The number of hydrogen-bond acceptors (Lipinski definition) is 2. The fourth-order valence-electron chi connectivity index (χ4n) is 1.64. The molecular weight excluding hydrogens is 114 g/mol. The third kappa shape index (κ3) is 1.10. The molecule has 3 rings (SSSR count). The van der Waals surface area contributed by atoms with Crippen LogP contribution in [-0.2, 0) is 4.74 Å². The maximum atomic E-state index is 5.42. The van der Waals surface area contributed by atoms with Crippen molar-refractivity contribution in [2.45, 2.75) is 18.9 Å². The highest BCUT2D eigenvalue weighted by molar-refractivity contribution is 4.80. The summed E-state index contributed by atoms with van der Waals surface area (Å²) >= 11 is 0. The number of piperidine rings is 1.